The van der Waals surface area contributed by atoms with Gasteiger partial charge in [-0.15, -0.1) is 0 Å². The molecular formula is C17H19ClN4O2. The summed E-state index contributed by atoms with van der Waals surface area (Å²) in [5, 5.41) is 2.97. The van der Waals surface area contributed by atoms with E-state index in [-0.39, 0.29) is 11.8 Å². The van der Waals surface area contributed by atoms with Crippen LogP contribution < -0.4 is 5.32 Å². The third kappa shape index (κ3) is 3.14. The number of hydrogen-bond acceptors (Lipinski definition) is 3. The largest absolute Gasteiger partial charge is 0.357 e. The average Bonchev–Trinajstić information content (AvgIpc) is 2.94. The van der Waals surface area contributed by atoms with Crippen molar-refractivity contribution >= 4 is 35.1 Å². The second-order valence-electron chi connectivity index (χ2n) is 5.71. The molecule has 2 amide bonds. The summed E-state index contributed by atoms with van der Waals surface area (Å²) in [4.78, 5) is 30.4. The Labute approximate surface area is 145 Å². The van der Waals surface area contributed by atoms with Crippen molar-refractivity contribution in [2.75, 3.05) is 13.6 Å². The first-order valence-corrected chi connectivity index (χ1v) is 8.32. The number of nitrogens with zero attached hydrogens (tertiary/aromatic N) is 3. The lowest BCUT2D eigenvalue weighted by Gasteiger charge is -2.33. The molecule has 1 N–H and O–H groups in total. The van der Waals surface area contributed by atoms with Gasteiger partial charge in [-0.2, -0.15) is 0 Å². The molecule has 24 heavy (non-hydrogen) atoms. The maximum atomic E-state index is 12.6. The third-order valence-corrected chi connectivity index (χ3v) is 4.52. The molecule has 126 valence electrons. The summed E-state index contributed by atoms with van der Waals surface area (Å²) < 4.78 is 1.82. The number of pyridine rings is 1. The van der Waals surface area contributed by atoms with Gasteiger partial charge in [0.15, 0.2) is 5.15 Å². The molecule has 3 heterocycles. The van der Waals surface area contributed by atoms with Crippen molar-refractivity contribution in [2.24, 2.45) is 0 Å². The second-order valence-corrected chi connectivity index (χ2v) is 6.07. The first-order valence-electron chi connectivity index (χ1n) is 7.94. The molecule has 1 fully saturated rings. The molecule has 0 radical (unpaired) electrons. The smallest absolute Gasteiger partial charge is 0.247 e. The van der Waals surface area contributed by atoms with Crippen LogP contribution in [-0.4, -0.2) is 45.7 Å². The van der Waals surface area contributed by atoms with Crippen LogP contribution in [0, 0.1) is 0 Å². The molecule has 7 heteroatoms. The van der Waals surface area contributed by atoms with E-state index in [4.69, 9.17) is 11.6 Å². The highest BCUT2D eigenvalue weighted by molar-refractivity contribution is 6.31. The molecule has 0 bridgehead atoms. The van der Waals surface area contributed by atoms with Gasteiger partial charge in [0.25, 0.3) is 0 Å². The lowest BCUT2D eigenvalue weighted by Crippen LogP contribution is -2.50. The van der Waals surface area contributed by atoms with Crippen LogP contribution in [0.3, 0.4) is 0 Å². The first-order chi connectivity index (χ1) is 11.6. The molecule has 2 aromatic heterocycles. The predicted molar refractivity (Wildman–Crippen MR) is 92.7 cm³/mol. The Morgan fingerprint density at radius 2 is 2.21 bits per heavy atom. The molecule has 2 aromatic rings. The van der Waals surface area contributed by atoms with Gasteiger partial charge < -0.3 is 10.2 Å². The number of imidazole rings is 1. The number of nitrogens with one attached hydrogen (secondary N) is 1. The Morgan fingerprint density at radius 3 is 3.00 bits per heavy atom. The maximum absolute atomic E-state index is 12.6. The minimum absolute atomic E-state index is 0.121. The average molecular weight is 347 g/mol. The molecule has 6 nitrogen and oxygen atoms in total. The Balaban J connectivity index is 1.83. The van der Waals surface area contributed by atoms with Crippen LogP contribution >= 0.6 is 11.6 Å². The number of amides is 2. The van der Waals surface area contributed by atoms with E-state index in [2.05, 4.69) is 10.3 Å². The molecule has 1 aliphatic heterocycles. The van der Waals surface area contributed by atoms with E-state index in [0.717, 1.165) is 18.5 Å². The quantitative estimate of drug-likeness (QED) is 0.866. The molecular weight excluding hydrogens is 328 g/mol. The lowest BCUT2D eigenvalue weighted by molar-refractivity contribution is -0.138. The van der Waals surface area contributed by atoms with Crippen molar-refractivity contribution in [1.82, 2.24) is 19.6 Å². The van der Waals surface area contributed by atoms with Crippen LogP contribution in [0.1, 0.15) is 25.0 Å². The molecule has 0 aliphatic carbocycles. The zero-order chi connectivity index (χ0) is 17.1. The highest BCUT2D eigenvalue weighted by atomic mass is 35.5. The highest BCUT2D eigenvalue weighted by Crippen LogP contribution is 2.21. The molecule has 3 rings (SSSR count). The van der Waals surface area contributed by atoms with Crippen LogP contribution in [0.2, 0.25) is 5.15 Å². The van der Waals surface area contributed by atoms with E-state index < -0.39 is 6.04 Å². The SMILES string of the molecule is CNC(=O)[C@@H]1CCCCN1C(=O)/C=C/c1c(Cl)nc2ccccn12. The van der Waals surface area contributed by atoms with Crippen LogP contribution in [0.25, 0.3) is 11.7 Å². The van der Waals surface area contributed by atoms with Gasteiger partial charge in [-0.05, 0) is 37.5 Å². The van der Waals surface area contributed by atoms with Gasteiger partial charge in [0.05, 0.1) is 5.69 Å². The number of aromatic nitrogens is 2. The normalized spacial score (nSPS) is 18.2. The fraction of sp³-hybridized carbons (Fsp3) is 0.353. The molecule has 0 saturated carbocycles. The highest BCUT2D eigenvalue weighted by Gasteiger charge is 2.30. The number of likely N-dealkylation sites (tertiary alicyclic amines) is 1. The van der Waals surface area contributed by atoms with Gasteiger partial charge in [0.2, 0.25) is 11.8 Å². The summed E-state index contributed by atoms with van der Waals surface area (Å²) in [6.07, 6.45) is 7.50. The molecule has 0 aromatic carbocycles. The zero-order valence-electron chi connectivity index (χ0n) is 13.4. The van der Waals surface area contributed by atoms with Gasteiger partial charge in [-0.1, -0.05) is 17.7 Å². The van der Waals surface area contributed by atoms with Crippen molar-refractivity contribution in [3.8, 4) is 0 Å². The molecule has 0 spiro atoms. The number of rotatable bonds is 3. The van der Waals surface area contributed by atoms with Gasteiger partial charge in [0.1, 0.15) is 11.7 Å². The Hall–Kier alpha value is -2.34. The summed E-state index contributed by atoms with van der Waals surface area (Å²) in [5.41, 5.74) is 1.37. The van der Waals surface area contributed by atoms with Crippen molar-refractivity contribution in [2.45, 2.75) is 25.3 Å². The van der Waals surface area contributed by atoms with Crippen molar-refractivity contribution in [3.63, 3.8) is 0 Å². The summed E-state index contributed by atoms with van der Waals surface area (Å²) in [7, 11) is 1.59. The van der Waals surface area contributed by atoms with Gasteiger partial charge in [-0.3, -0.25) is 14.0 Å². The van der Waals surface area contributed by atoms with Gasteiger partial charge in [-0.25, -0.2) is 4.98 Å². The molecule has 0 unspecified atom stereocenters. The number of halogens is 1. The minimum Gasteiger partial charge on any atom is -0.357 e. The van der Waals surface area contributed by atoms with Gasteiger partial charge in [0, 0.05) is 25.9 Å². The van der Waals surface area contributed by atoms with E-state index in [0.29, 0.717) is 23.8 Å². The van der Waals surface area contributed by atoms with E-state index in [1.54, 1.807) is 18.0 Å². The summed E-state index contributed by atoms with van der Waals surface area (Å²) >= 11 is 6.17. The molecule has 1 aliphatic rings. The van der Waals surface area contributed by atoms with Gasteiger partial charge >= 0.3 is 0 Å². The number of likely N-dealkylation sites (N-methyl/N-ethyl adjacent to an activating group) is 1. The predicted octanol–water partition coefficient (Wildman–Crippen LogP) is 2.13. The van der Waals surface area contributed by atoms with E-state index in [1.807, 2.05) is 28.8 Å². The molecule has 1 atom stereocenters. The van der Waals surface area contributed by atoms with E-state index in [1.165, 1.54) is 6.08 Å². The Bertz CT molecular complexity index is 799. The van der Waals surface area contributed by atoms with Crippen molar-refractivity contribution in [1.29, 1.82) is 0 Å². The first kappa shape index (κ1) is 16.5. The number of piperidine rings is 1. The van der Waals surface area contributed by atoms with Crippen molar-refractivity contribution < 1.29 is 9.59 Å². The van der Waals surface area contributed by atoms with Crippen molar-refractivity contribution in [3.05, 3.63) is 41.3 Å². The number of fused-ring (bicyclic) bond motifs is 1. The third-order valence-electron chi connectivity index (χ3n) is 4.24. The lowest BCUT2D eigenvalue weighted by atomic mass is 10.0. The van der Waals surface area contributed by atoms with Crippen LogP contribution in [0.15, 0.2) is 30.5 Å². The molecule has 1 saturated heterocycles. The summed E-state index contributed by atoms with van der Waals surface area (Å²) in [6.45, 7) is 0.585. The summed E-state index contributed by atoms with van der Waals surface area (Å²) in [6, 6.07) is 5.19. The standard InChI is InChI=1S/C17H19ClN4O2/c1-19-17(24)13-6-2-4-11-22(13)15(23)9-8-12-16(18)20-14-7-3-5-10-21(12)14/h3,5,7-10,13H,2,4,6,11H2,1H3,(H,19,24)/b9-8+/t13-/m0/s1. The topological polar surface area (TPSA) is 66.7 Å². The fourth-order valence-corrected chi connectivity index (χ4v) is 3.26. The second kappa shape index (κ2) is 7.05. The van der Waals surface area contributed by atoms with E-state index in [9.17, 15) is 9.59 Å². The Morgan fingerprint density at radius 1 is 1.38 bits per heavy atom. The number of carbonyl (C=O) groups excluding carboxylic acids is 2. The fourth-order valence-electron chi connectivity index (χ4n) is 3.02. The summed E-state index contributed by atoms with van der Waals surface area (Å²) in [5.74, 6) is -0.311. The van der Waals surface area contributed by atoms with Crippen LogP contribution in [0.5, 0.6) is 0 Å². The number of hydrogen-bond donors (Lipinski definition) is 1. The van der Waals surface area contributed by atoms with Crippen LogP contribution in [0.4, 0.5) is 0 Å². The van der Waals surface area contributed by atoms with E-state index >= 15 is 0 Å². The maximum Gasteiger partial charge on any atom is 0.247 e. The minimum atomic E-state index is -0.404. The van der Waals surface area contributed by atoms with Crippen LogP contribution in [-0.2, 0) is 9.59 Å². The monoisotopic (exact) mass is 346 g/mol. The Kier molecular flexibility index (Phi) is 4.85. The zero-order valence-corrected chi connectivity index (χ0v) is 14.2. The number of carbonyl (C=O) groups is 2.